The first-order valence-corrected chi connectivity index (χ1v) is 7.99. The van der Waals surface area contributed by atoms with Crippen molar-refractivity contribution in [2.75, 3.05) is 38.7 Å². The van der Waals surface area contributed by atoms with Gasteiger partial charge in [0.2, 0.25) is 11.9 Å². The predicted octanol–water partition coefficient (Wildman–Crippen LogP) is 0.953. The van der Waals surface area contributed by atoms with Gasteiger partial charge in [-0.25, -0.2) is 9.97 Å². The molecule has 1 atom stereocenters. The van der Waals surface area contributed by atoms with Crippen LogP contribution in [0.1, 0.15) is 30.5 Å². The number of hydrogen-bond donors (Lipinski definition) is 0. The minimum atomic E-state index is -0.147. The van der Waals surface area contributed by atoms with Gasteiger partial charge in [-0.2, -0.15) is 0 Å². The largest absolute Gasteiger partial charge is 0.376 e. The maximum atomic E-state index is 12.4. The van der Waals surface area contributed by atoms with Crippen molar-refractivity contribution in [3.05, 3.63) is 17.5 Å². The molecule has 6 heteroatoms. The van der Waals surface area contributed by atoms with Gasteiger partial charge in [-0.1, -0.05) is 0 Å². The predicted molar refractivity (Wildman–Crippen MR) is 81.6 cm³/mol. The summed E-state index contributed by atoms with van der Waals surface area (Å²) in [5.41, 5.74) is 2.01. The number of hydrogen-bond acceptors (Lipinski definition) is 5. The minimum Gasteiger partial charge on any atom is -0.376 e. The molecule has 2 fully saturated rings. The maximum Gasteiger partial charge on any atom is 0.225 e. The monoisotopic (exact) mass is 302 g/mol. The van der Waals surface area contributed by atoms with Crippen LogP contribution in [0.4, 0.5) is 5.95 Å². The summed E-state index contributed by atoms with van der Waals surface area (Å²) in [5.74, 6) is 1.33. The molecule has 1 aliphatic carbocycles. The lowest BCUT2D eigenvalue weighted by Crippen LogP contribution is -2.42. The Balaban J connectivity index is 1.66. The molecule has 3 heterocycles. The first kappa shape index (κ1) is 13.9. The Hall–Kier alpha value is -1.69. The van der Waals surface area contributed by atoms with Crippen molar-refractivity contribution in [3.8, 4) is 0 Å². The number of aromatic nitrogens is 2. The van der Waals surface area contributed by atoms with Crippen molar-refractivity contribution in [1.82, 2.24) is 14.9 Å². The molecule has 6 nitrogen and oxygen atoms in total. The van der Waals surface area contributed by atoms with Crippen molar-refractivity contribution in [1.29, 1.82) is 0 Å². The Labute approximate surface area is 130 Å². The van der Waals surface area contributed by atoms with Gasteiger partial charge in [0.25, 0.3) is 0 Å². The highest BCUT2D eigenvalue weighted by atomic mass is 16.5. The molecular formula is C16H22N4O2. The van der Waals surface area contributed by atoms with E-state index in [1.807, 2.05) is 30.1 Å². The van der Waals surface area contributed by atoms with Gasteiger partial charge in [-0.05, 0) is 19.3 Å². The van der Waals surface area contributed by atoms with Gasteiger partial charge >= 0.3 is 0 Å². The van der Waals surface area contributed by atoms with Gasteiger partial charge in [0.05, 0.1) is 24.3 Å². The van der Waals surface area contributed by atoms with E-state index in [1.165, 1.54) is 0 Å². The zero-order valence-corrected chi connectivity index (χ0v) is 13.2. The summed E-state index contributed by atoms with van der Waals surface area (Å²) in [7, 11) is 3.90. The lowest BCUT2D eigenvalue weighted by Gasteiger charge is -2.34. The lowest BCUT2D eigenvalue weighted by molar-refractivity contribution is -0.131. The van der Waals surface area contributed by atoms with Gasteiger partial charge in [-0.3, -0.25) is 4.79 Å². The third-order valence-corrected chi connectivity index (χ3v) is 4.98. The van der Waals surface area contributed by atoms with Crippen LogP contribution >= 0.6 is 0 Å². The number of amides is 1. The number of carbonyl (C=O) groups excluding carboxylic acids is 1. The van der Waals surface area contributed by atoms with Crippen molar-refractivity contribution < 1.29 is 9.53 Å². The Morgan fingerprint density at radius 3 is 3.00 bits per heavy atom. The second-order valence-electron chi connectivity index (χ2n) is 7.00. The normalized spacial score (nSPS) is 27.1. The molecular weight excluding hydrogens is 280 g/mol. The Morgan fingerprint density at radius 1 is 1.45 bits per heavy atom. The molecule has 3 aliphatic rings. The van der Waals surface area contributed by atoms with Crippen LogP contribution in [0.3, 0.4) is 0 Å². The molecule has 2 aliphatic heterocycles. The van der Waals surface area contributed by atoms with E-state index >= 15 is 0 Å². The first-order valence-electron chi connectivity index (χ1n) is 7.99. The molecule has 1 amide bonds. The van der Waals surface area contributed by atoms with E-state index in [4.69, 9.17) is 9.72 Å². The summed E-state index contributed by atoms with van der Waals surface area (Å²) in [6.45, 7) is 2.78. The summed E-state index contributed by atoms with van der Waals surface area (Å²) in [5, 5.41) is 0. The Bertz CT molecular complexity index is 614. The van der Waals surface area contributed by atoms with Crippen LogP contribution < -0.4 is 4.90 Å². The Morgan fingerprint density at radius 2 is 2.27 bits per heavy atom. The van der Waals surface area contributed by atoms with Crippen LogP contribution in [-0.2, 0) is 21.6 Å². The number of ether oxygens (including phenoxy) is 1. The molecule has 1 aromatic heterocycles. The summed E-state index contributed by atoms with van der Waals surface area (Å²) < 4.78 is 5.81. The number of carbonyl (C=O) groups is 1. The number of likely N-dealkylation sites (tertiary alicyclic amines) is 1. The Kier molecular flexibility index (Phi) is 3.11. The van der Waals surface area contributed by atoms with Crippen LogP contribution in [0.25, 0.3) is 0 Å². The SMILES string of the molecule is CN(C)c1ncc2c(n1)C1(CCN(C(=O)C3CC3)C1)COC2. The topological polar surface area (TPSA) is 58.6 Å². The third-order valence-electron chi connectivity index (χ3n) is 4.98. The van der Waals surface area contributed by atoms with E-state index in [9.17, 15) is 4.79 Å². The van der Waals surface area contributed by atoms with Crippen LogP contribution in [0.5, 0.6) is 0 Å². The van der Waals surface area contributed by atoms with E-state index < -0.39 is 0 Å². The molecule has 1 aromatic rings. The molecule has 0 aromatic carbocycles. The van der Waals surface area contributed by atoms with Crippen LogP contribution in [-0.4, -0.2) is 54.6 Å². The number of nitrogens with zero attached hydrogens (tertiary/aromatic N) is 4. The number of fused-ring (bicyclic) bond motifs is 2. The van der Waals surface area contributed by atoms with Crippen LogP contribution in [0.2, 0.25) is 0 Å². The fourth-order valence-electron chi connectivity index (χ4n) is 3.56. The average molecular weight is 302 g/mol. The summed E-state index contributed by atoms with van der Waals surface area (Å²) in [6, 6.07) is 0. The van der Waals surface area contributed by atoms with E-state index in [0.29, 0.717) is 19.1 Å². The van der Waals surface area contributed by atoms with Gasteiger partial charge in [0.1, 0.15) is 0 Å². The smallest absolute Gasteiger partial charge is 0.225 e. The van der Waals surface area contributed by atoms with E-state index in [1.54, 1.807) is 0 Å². The molecule has 1 unspecified atom stereocenters. The molecule has 0 bridgehead atoms. The average Bonchev–Trinajstić information content (AvgIpc) is 3.28. The standard InChI is InChI=1S/C16H22N4O2/c1-19(2)15-17-7-12-8-22-10-16(13(12)18-15)5-6-20(9-16)14(21)11-3-4-11/h7,11H,3-6,8-10H2,1-2H3. The molecule has 1 spiro atoms. The number of anilines is 1. The third kappa shape index (κ3) is 2.17. The summed E-state index contributed by atoms with van der Waals surface area (Å²) >= 11 is 0. The molecule has 0 radical (unpaired) electrons. The van der Waals surface area contributed by atoms with Crippen molar-refractivity contribution >= 4 is 11.9 Å². The quantitative estimate of drug-likeness (QED) is 0.814. The molecule has 22 heavy (non-hydrogen) atoms. The van der Waals surface area contributed by atoms with E-state index in [0.717, 1.165) is 49.6 Å². The first-order chi connectivity index (χ1) is 10.6. The van der Waals surface area contributed by atoms with E-state index in [2.05, 4.69) is 4.98 Å². The van der Waals surface area contributed by atoms with Crippen LogP contribution in [0, 0.1) is 5.92 Å². The van der Waals surface area contributed by atoms with Gasteiger partial charge in [0, 0.05) is 44.9 Å². The second-order valence-corrected chi connectivity index (χ2v) is 7.00. The number of rotatable bonds is 2. The van der Waals surface area contributed by atoms with Crippen LogP contribution in [0.15, 0.2) is 6.20 Å². The fourth-order valence-corrected chi connectivity index (χ4v) is 3.56. The summed E-state index contributed by atoms with van der Waals surface area (Å²) in [4.78, 5) is 25.5. The fraction of sp³-hybridized carbons (Fsp3) is 0.688. The summed E-state index contributed by atoms with van der Waals surface area (Å²) in [6.07, 6.45) is 4.93. The lowest BCUT2D eigenvalue weighted by atomic mass is 9.80. The van der Waals surface area contributed by atoms with Crippen molar-refractivity contribution in [2.24, 2.45) is 5.92 Å². The molecule has 118 valence electrons. The zero-order valence-electron chi connectivity index (χ0n) is 13.2. The van der Waals surface area contributed by atoms with E-state index in [-0.39, 0.29) is 11.3 Å². The van der Waals surface area contributed by atoms with Crippen molar-refractivity contribution in [2.45, 2.75) is 31.3 Å². The van der Waals surface area contributed by atoms with Gasteiger partial charge in [0.15, 0.2) is 0 Å². The molecule has 0 N–H and O–H groups in total. The second kappa shape index (κ2) is 4.91. The highest BCUT2D eigenvalue weighted by Gasteiger charge is 2.48. The maximum absolute atomic E-state index is 12.4. The molecule has 4 rings (SSSR count). The minimum absolute atomic E-state index is 0.147. The molecule has 1 saturated carbocycles. The van der Waals surface area contributed by atoms with Crippen molar-refractivity contribution in [3.63, 3.8) is 0 Å². The highest BCUT2D eigenvalue weighted by molar-refractivity contribution is 5.81. The highest BCUT2D eigenvalue weighted by Crippen LogP contribution is 2.41. The van der Waals surface area contributed by atoms with Gasteiger partial charge < -0.3 is 14.5 Å². The van der Waals surface area contributed by atoms with Gasteiger partial charge in [-0.15, -0.1) is 0 Å². The zero-order chi connectivity index (χ0) is 15.3. The molecule has 1 saturated heterocycles.